The molecule has 0 aliphatic heterocycles. The highest BCUT2D eigenvalue weighted by Gasteiger charge is 2.37. The lowest BCUT2D eigenvalue weighted by molar-refractivity contribution is -0.385. The minimum Gasteiger partial charge on any atom is -0.465 e. The molecule has 8 heteroatoms. The van der Waals surface area contributed by atoms with Crippen LogP contribution in [-0.2, 0) is 14.3 Å². The second-order valence-corrected chi connectivity index (χ2v) is 3.85. The first kappa shape index (κ1) is 15.7. The number of Topliss-reactive ketones (excluding diaryl/α,β-unsaturated/α-hetero) is 1. The minimum atomic E-state index is -1.87. The Kier molecular flexibility index (Phi) is 4.84. The molecular weight excluding hydrogens is 276 g/mol. The SMILES string of the molecule is CCOC(=O)[C@H](C(C)=O)c1c([N+](=O)[O-])ccc(F)c1F. The van der Waals surface area contributed by atoms with Crippen molar-refractivity contribution in [2.75, 3.05) is 6.61 Å². The average molecular weight is 287 g/mol. The highest BCUT2D eigenvalue weighted by molar-refractivity contribution is 6.04. The summed E-state index contributed by atoms with van der Waals surface area (Å²) in [6, 6.07) is 1.25. The molecule has 0 radical (unpaired) electrons. The largest absolute Gasteiger partial charge is 0.465 e. The molecule has 0 saturated heterocycles. The van der Waals surface area contributed by atoms with Gasteiger partial charge in [-0.15, -0.1) is 0 Å². The molecule has 0 aliphatic rings. The van der Waals surface area contributed by atoms with Crippen LogP contribution in [0.1, 0.15) is 25.3 Å². The Hall–Kier alpha value is -2.38. The average Bonchev–Trinajstić information content (AvgIpc) is 2.34. The molecule has 0 spiro atoms. The van der Waals surface area contributed by atoms with Gasteiger partial charge in [0.15, 0.2) is 11.6 Å². The molecule has 1 aromatic carbocycles. The lowest BCUT2D eigenvalue weighted by atomic mass is 9.93. The summed E-state index contributed by atoms with van der Waals surface area (Å²) in [4.78, 5) is 33.0. The molecule has 1 aromatic rings. The molecule has 108 valence electrons. The summed E-state index contributed by atoms with van der Waals surface area (Å²) in [7, 11) is 0. The number of hydrogen-bond donors (Lipinski definition) is 0. The number of benzene rings is 1. The number of rotatable bonds is 5. The zero-order chi connectivity index (χ0) is 15.4. The van der Waals surface area contributed by atoms with E-state index in [1.54, 1.807) is 0 Å². The van der Waals surface area contributed by atoms with E-state index in [1.807, 2.05) is 0 Å². The quantitative estimate of drug-likeness (QED) is 0.358. The lowest BCUT2D eigenvalue weighted by Gasteiger charge is -2.14. The van der Waals surface area contributed by atoms with Crippen LogP contribution in [-0.4, -0.2) is 23.3 Å². The van der Waals surface area contributed by atoms with Gasteiger partial charge in [-0.3, -0.25) is 19.7 Å². The monoisotopic (exact) mass is 287 g/mol. The van der Waals surface area contributed by atoms with Crippen molar-refractivity contribution in [2.24, 2.45) is 0 Å². The van der Waals surface area contributed by atoms with Gasteiger partial charge in [0.25, 0.3) is 5.69 Å². The smallest absolute Gasteiger partial charge is 0.321 e. The van der Waals surface area contributed by atoms with E-state index in [1.165, 1.54) is 6.92 Å². The van der Waals surface area contributed by atoms with Crippen molar-refractivity contribution in [3.05, 3.63) is 39.4 Å². The van der Waals surface area contributed by atoms with Gasteiger partial charge in [-0.05, 0) is 19.9 Å². The number of carbonyl (C=O) groups excluding carboxylic acids is 2. The van der Waals surface area contributed by atoms with Crippen molar-refractivity contribution in [2.45, 2.75) is 19.8 Å². The van der Waals surface area contributed by atoms with E-state index in [-0.39, 0.29) is 6.61 Å². The van der Waals surface area contributed by atoms with E-state index in [0.29, 0.717) is 12.1 Å². The van der Waals surface area contributed by atoms with E-state index in [0.717, 1.165) is 6.92 Å². The maximum absolute atomic E-state index is 13.8. The number of carbonyl (C=O) groups is 2. The van der Waals surface area contributed by atoms with Crippen molar-refractivity contribution in [1.29, 1.82) is 0 Å². The zero-order valence-corrected chi connectivity index (χ0v) is 10.7. The topological polar surface area (TPSA) is 86.5 Å². The zero-order valence-electron chi connectivity index (χ0n) is 10.7. The van der Waals surface area contributed by atoms with Gasteiger partial charge in [-0.2, -0.15) is 0 Å². The molecule has 0 aliphatic carbocycles. The molecule has 1 atom stereocenters. The molecule has 0 heterocycles. The second kappa shape index (κ2) is 6.18. The van der Waals surface area contributed by atoms with Crippen LogP contribution in [0.15, 0.2) is 12.1 Å². The highest BCUT2D eigenvalue weighted by Crippen LogP contribution is 2.32. The molecule has 0 aromatic heterocycles. The van der Waals surface area contributed by atoms with Gasteiger partial charge in [0.2, 0.25) is 0 Å². The number of halogens is 2. The Morgan fingerprint density at radius 2 is 2.00 bits per heavy atom. The van der Waals surface area contributed by atoms with Gasteiger partial charge in [0.05, 0.1) is 17.1 Å². The van der Waals surface area contributed by atoms with E-state index in [4.69, 9.17) is 0 Å². The van der Waals surface area contributed by atoms with Crippen LogP contribution in [0.5, 0.6) is 0 Å². The van der Waals surface area contributed by atoms with E-state index in [9.17, 15) is 28.5 Å². The summed E-state index contributed by atoms with van der Waals surface area (Å²) in [6.45, 7) is 2.29. The van der Waals surface area contributed by atoms with Crippen molar-refractivity contribution in [3.8, 4) is 0 Å². The molecule has 0 fully saturated rings. The van der Waals surface area contributed by atoms with Crippen LogP contribution < -0.4 is 0 Å². The van der Waals surface area contributed by atoms with Crippen molar-refractivity contribution < 1.29 is 28.0 Å². The molecule has 0 N–H and O–H groups in total. The van der Waals surface area contributed by atoms with Crippen molar-refractivity contribution >= 4 is 17.4 Å². The Morgan fingerprint density at radius 1 is 1.40 bits per heavy atom. The molecule has 0 amide bonds. The van der Waals surface area contributed by atoms with Crippen LogP contribution in [0.4, 0.5) is 14.5 Å². The Morgan fingerprint density at radius 3 is 2.45 bits per heavy atom. The molecule has 0 saturated carbocycles. The van der Waals surface area contributed by atoms with Gasteiger partial charge in [0.1, 0.15) is 11.7 Å². The van der Waals surface area contributed by atoms with Crippen LogP contribution in [0.25, 0.3) is 0 Å². The normalized spacial score (nSPS) is 11.8. The summed E-state index contributed by atoms with van der Waals surface area (Å²) < 4.78 is 31.6. The Balaban J connectivity index is 3.54. The predicted octanol–water partition coefficient (Wildman–Crippen LogP) is 2.11. The van der Waals surface area contributed by atoms with Crippen molar-refractivity contribution in [1.82, 2.24) is 0 Å². The van der Waals surface area contributed by atoms with E-state index < -0.39 is 45.5 Å². The summed E-state index contributed by atoms with van der Waals surface area (Å²) >= 11 is 0. The number of ether oxygens (including phenoxy) is 1. The van der Waals surface area contributed by atoms with E-state index >= 15 is 0 Å². The number of nitro benzene ring substituents is 1. The fraction of sp³-hybridized carbons (Fsp3) is 0.333. The summed E-state index contributed by atoms with van der Waals surface area (Å²) in [5.41, 5.74) is -1.77. The minimum absolute atomic E-state index is 0.104. The third-order valence-corrected chi connectivity index (χ3v) is 2.52. The molecule has 0 bridgehead atoms. The summed E-state index contributed by atoms with van der Waals surface area (Å²) in [6.07, 6.45) is 0. The second-order valence-electron chi connectivity index (χ2n) is 3.85. The van der Waals surface area contributed by atoms with Gasteiger partial charge in [0, 0.05) is 6.07 Å². The lowest BCUT2D eigenvalue weighted by Crippen LogP contribution is -2.24. The molecule has 1 rings (SSSR count). The summed E-state index contributed by atoms with van der Waals surface area (Å²) in [5.74, 6) is -6.90. The van der Waals surface area contributed by atoms with Gasteiger partial charge >= 0.3 is 5.97 Å². The van der Waals surface area contributed by atoms with Crippen LogP contribution in [0.3, 0.4) is 0 Å². The first-order valence-electron chi connectivity index (χ1n) is 5.60. The fourth-order valence-corrected chi connectivity index (χ4v) is 1.70. The third-order valence-electron chi connectivity index (χ3n) is 2.52. The molecular formula is C12H11F2NO5. The molecule has 20 heavy (non-hydrogen) atoms. The Labute approximate surface area is 112 Å². The number of esters is 1. The Bertz CT molecular complexity index is 573. The first-order chi connectivity index (χ1) is 9.31. The van der Waals surface area contributed by atoms with Crippen LogP contribution in [0, 0.1) is 21.7 Å². The molecule has 0 unspecified atom stereocenters. The predicted molar refractivity (Wildman–Crippen MR) is 63.1 cm³/mol. The number of hydrogen-bond acceptors (Lipinski definition) is 5. The van der Waals surface area contributed by atoms with Gasteiger partial charge in [-0.25, -0.2) is 8.78 Å². The number of nitro groups is 1. The van der Waals surface area contributed by atoms with Gasteiger partial charge < -0.3 is 4.74 Å². The fourth-order valence-electron chi connectivity index (χ4n) is 1.70. The van der Waals surface area contributed by atoms with Crippen LogP contribution in [0.2, 0.25) is 0 Å². The van der Waals surface area contributed by atoms with E-state index in [2.05, 4.69) is 4.74 Å². The van der Waals surface area contributed by atoms with Crippen LogP contribution >= 0.6 is 0 Å². The summed E-state index contributed by atoms with van der Waals surface area (Å²) in [5, 5.41) is 10.8. The maximum Gasteiger partial charge on any atom is 0.321 e. The van der Waals surface area contributed by atoms with Gasteiger partial charge in [-0.1, -0.05) is 0 Å². The number of nitrogens with zero attached hydrogens (tertiary/aromatic N) is 1. The third kappa shape index (κ3) is 2.95. The number of ketones is 1. The standard InChI is InChI=1S/C12H11F2NO5/c1-3-20-12(17)9(6(2)16)10-8(15(18)19)5-4-7(13)11(10)14/h4-5,9H,3H2,1-2H3/t9-/m1/s1. The van der Waals surface area contributed by atoms with Crippen molar-refractivity contribution in [3.63, 3.8) is 0 Å². The highest BCUT2D eigenvalue weighted by atomic mass is 19.2. The molecule has 6 nitrogen and oxygen atoms in total. The maximum atomic E-state index is 13.8. The first-order valence-corrected chi connectivity index (χ1v) is 5.60.